The van der Waals surface area contributed by atoms with E-state index < -0.39 is 23.7 Å². The molecule has 1 atom stereocenters. The molecular weight excluding hydrogens is 433 g/mol. The number of hydrogen-bond acceptors (Lipinski definition) is 6. The van der Waals surface area contributed by atoms with Gasteiger partial charge < -0.3 is 15.2 Å². The Bertz CT molecular complexity index is 922. The number of rotatable bonds is 6. The largest absolute Gasteiger partial charge is 0.462 e. The Morgan fingerprint density at radius 3 is 2.52 bits per heavy atom. The summed E-state index contributed by atoms with van der Waals surface area (Å²) in [5.74, 6) is -2.17. The summed E-state index contributed by atoms with van der Waals surface area (Å²) in [7, 11) is 0. The van der Waals surface area contributed by atoms with E-state index in [4.69, 9.17) is 16.3 Å². The quantitative estimate of drug-likeness (QED) is 0.640. The van der Waals surface area contributed by atoms with Crippen LogP contribution >= 0.6 is 23.4 Å². The summed E-state index contributed by atoms with van der Waals surface area (Å²) < 4.78 is 43.1. The van der Waals surface area contributed by atoms with E-state index in [-0.39, 0.29) is 22.9 Å². The van der Waals surface area contributed by atoms with Crippen molar-refractivity contribution >= 4 is 40.9 Å². The van der Waals surface area contributed by atoms with Gasteiger partial charge in [0.05, 0.1) is 22.9 Å². The summed E-state index contributed by atoms with van der Waals surface area (Å²) in [6.07, 6.45) is -2.27. The highest BCUT2D eigenvalue weighted by Crippen LogP contribution is 2.35. The topological polar surface area (TPSA) is 88.5 Å². The molecule has 0 unspecified atom stereocenters. The minimum atomic E-state index is -5.14. The first-order valence-electron chi connectivity index (χ1n) is 8.16. The lowest BCUT2D eigenvalue weighted by Crippen LogP contribution is -2.52. The second kappa shape index (κ2) is 9.02. The van der Waals surface area contributed by atoms with Crippen molar-refractivity contribution < 1.29 is 32.6 Å². The van der Waals surface area contributed by atoms with Gasteiger partial charge in [0.1, 0.15) is 0 Å². The summed E-state index contributed by atoms with van der Waals surface area (Å²) in [5.41, 5.74) is -3.40. The number of nitrogens with zero attached hydrogens (tertiary/aromatic N) is 1. The van der Waals surface area contributed by atoms with Crippen molar-refractivity contribution in [2.75, 3.05) is 11.9 Å². The normalized spacial score (nSPS) is 13.5. The number of hydrogen-bond donors (Lipinski definition) is 2. The number of benzene rings is 1. The minimum absolute atomic E-state index is 0.0316. The van der Waals surface area contributed by atoms with E-state index in [9.17, 15) is 27.9 Å². The van der Waals surface area contributed by atoms with Crippen molar-refractivity contribution in [2.24, 2.45) is 0 Å². The van der Waals surface area contributed by atoms with Gasteiger partial charge in [-0.3, -0.25) is 9.78 Å². The molecule has 1 amide bonds. The van der Waals surface area contributed by atoms with E-state index in [1.807, 2.05) is 5.32 Å². The van der Waals surface area contributed by atoms with E-state index >= 15 is 0 Å². The first-order valence-corrected chi connectivity index (χ1v) is 9.35. The Morgan fingerprint density at radius 2 is 1.93 bits per heavy atom. The maximum Gasteiger partial charge on any atom is 0.426 e. The fourth-order valence-corrected chi connectivity index (χ4v) is 3.15. The third-order valence-electron chi connectivity index (χ3n) is 3.64. The standard InChI is InChI=1S/C18H16ClF3N2O4S/c1-3-28-15(25)10-6-12(9-23-8-10)29-11-4-5-14(13(19)7-11)24-16(26)17(2,27)18(20,21)22/h4-9,27H,3H2,1-2H3,(H,24,26)/t17-/m1/s1. The van der Waals surface area contributed by atoms with Gasteiger partial charge in [-0.15, -0.1) is 0 Å². The zero-order chi connectivity index (χ0) is 21.8. The molecule has 0 saturated heterocycles. The second-order valence-electron chi connectivity index (χ2n) is 5.90. The summed E-state index contributed by atoms with van der Waals surface area (Å²) >= 11 is 7.24. The van der Waals surface area contributed by atoms with Gasteiger partial charge in [0, 0.05) is 22.2 Å². The summed E-state index contributed by atoms with van der Waals surface area (Å²) in [4.78, 5) is 28.7. The number of carbonyl (C=O) groups excluding carboxylic acids is 2. The average molecular weight is 449 g/mol. The molecule has 1 aromatic heterocycles. The molecule has 2 N–H and O–H groups in total. The van der Waals surface area contributed by atoms with E-state index in [1.54, 1.807) is 13.0 Å². The van der Waals surface area contributed by atoms with Crippen molar-refractivity contribution in [3.63, 3.8) is 0 Å². The second-order valence-corrected chi connectivity index (χ2v) is 7.45. The highest BCUT2D eigenvalue weighted by atomic mass is 35.5. The number of carbonyl (C=O) groups is 2. The fraction of sp³-hybridized carbons (Fsp3) is 0.278. The van der Waals surface area contributed by atoms with Crippen molar-refractivity contribution in [3.8, 4) is 0 Å². The molecule has 2 aromatic rings. The number of anilines is 1. The zero-order valence-electron chi connectivity index (χ0n) is 15.2. The number of amides is 1. The average Bonchev–Trinajstić information content (AvgIpc) is 2.63. The van der Waals surface area contributed by atoms with Crippen molar-refractivity contribution in [1.82, 2.24) is 4.98 Å². The van der Waals surface area contributed by atoms with Crippen LogP contribution in [0.4, 0.5) is 18.9 Å². The Labute approximate surface area is 173 Å². The molecule has 1 aromatic carbocycles. The van der Waals surface area contributed by atoms with Crippen LogP contribution in [-0.4, -0.2) is 40.4 Å². The summed E-state index contributed by atoms with van der Waals surface area (Å²) in [6.45, 7) is 2.25. The third kappa shape index (κ3) is 5.62. The summed E-state index contributed by atoms with van der Waals surface area (Å²) in [6, 6.07) is 5.80. The molecule has 0 fully saturated rings. The van der Waals surface area contributed by atoms with Crippen LogP contribution in [0.15, 0.2) is 46.5 Å². The van der Waals surface area contributed by atoms with E-state index in [1.165, 1.54) is 42.4 Å². The van der Waals surface area contributed by atoms with Crippen molar-refractivity contribution in [1.29, 1.82) is 0 Å². The molecule has 0 saturated carbocycles. The van der Waals surface area contributed by atoms with Gasteiger partial charge in [-0.25, -0.2) is 4.79 Å². The molecule has 6 nitrogen and oxygen atoms in total. The maximum atomic E-state index is 12.7. The van der Waals surface area contributed by atoms with Gasteiger partial charge in [0.25, 0.3) is 5.91 Å². The molecule has 11 heteroatoms. The third-order valence-corrected chi connectivity index (χ3v) is 4.90. The van der Waals surface area contributed by atoms with Crippen LogP contribution in [0, 0.1) is 0 Å². The Morgan fingerprint density at radius 1 is 1.24 bits per heavy atom. The molecule has 1 heterocycles. The van der Waals surface area contributed by atoms with Crippen LogP contribution in [-0.2, 0) is 9.53 Å². The predicted octanol–water partition coefficient (Wildman–Crippen LogP) is 4.31. The van der Waals surface area contributed by atoms with Gasteiger partial charge in [0.15, 0.2) is 0 Å². The molecule has 0 spiro atoms. The molecular formula is C18H16ClF3N2O4S. The van der Waals surface area contributed by atoms with E-state index in [2.05, 4.69) is 4.98 Å². The Kier molecular flexibility index (Phi) is 7.15. The first-order chi connectivity index (χ1) is 13.5. The van der Waals surface area contributed by atoms with E-state index in [0.717, 1.165) is 0 Å². The van der Waals surface area contributed by atoms with Crippen molar-refractivity contribution in [2.45, 2.75) is 35.4 Å². The molecule has 156 valence electrons. The predicted molar refractivity (Wildman–Crippen MR) is 101 cm³/mol. The molecule has 0 aliphatic carbocycles. The summed E-state index contributed by atoms with van der Waals surface area (Å²) in [5, 5.41) is 11.3. The number of halogens is 4. The van der Waals surface area contributed by atoms with Crippen LogP contribution in [0.3, 0.4) is 0 Å². The molecule has 29 heavy (non-hydrogen) atoms. The van der Waals surface area contributed by atoms with Crippen LogP contribution in [0.5, 0.6) is 0 Å². The lowest BCUT2D eigenvalue weighted by atomic mass is 10.1. The van der Waals surface area contributed by atoms with Crippen LogP contribution < -0.4 is 5.32 Å². The van der Waals surface area contributed by atoms with Gasteiger partial charge in [-0.05, 0) is 38.1 Å². The lowest BCUT2D eigenvalue weighted by molar-refractivity contribution is -0.242. The maximum absolute atomic E-state index is 12.7. The van der Waals surface area contributed by atoms with Gasteiger partial charge in [-0.1, -0.05) is 23.4 Å². The highest BCUT2D eigenvalue weighted by molar-refractivity contribution is 7.99. The Hall–Kier alpha value is -2.30. The van der Waals surface area contributed by atoms with Crippen LogP contribution in [0.2, 0.25) is 5.02 Å². The number of ether oxygens (including phenoxy) is 1. The zero-order valence-corrected chi connectivity index (χ0v) is 16.8. The molecule has 0 aliphatic rings. The van der Waals surface area contributed by atoms with Crippen molar-refractivity contribution in [3.05, 3.63) is 47.2 Å². The van der Waals surface area contributed by atoms with Crippen LogP contribution in [0.1, 0.15) is 24.2 Å². The molecule has 0 bridgehead atoms. The first kappa shape index (κ1) is 23.0. The number of esters is 1. The monoisotopic (exact) mass is 448 g/mol. The number of aliphatic hydroxyl groups is 1. The SMILES string of the molecule is CCOC(=O)c1cncc(Sc2ccc(NC(=O)[C@@](C)(O)C(F)(F)F)c(Cl)c2)c1. The molecule has 0 aliphatic heterocycles. The lowest BCUT2D eigenvalue weighted by Gasteiger charge is -2.25. The van der Waals surface area contributed by atoms with Gasteiger partial charge in [-0.2, -0.15) is 13.2 Å². The highest BCUT2D eigenvalue weighted by Gasteiger charge is 2.55. The van der Waals surface area contributed by atoms with E-state index in [0.29, 0.717) is 16.7 Å². The molecule has 2 rings (SSSR count). The number of alkyl halides is 3. The number of pyridine rings is 1. The fourth-order valence-electron chi connectivity index (χ4n) is 1.97. The smallest absolute Gasteiger partial charge is 0.426 e. The number of nitrogens with one attached hydrogen (secondary N) is 1. The minimum Gasteiger partial charge on any atom is -0.462 e. The van der Waals surface area contributed by atoms with Gasteiger partial charge in [0.2, 0.25) is 5.60 Å². The van der Waals surface area contributed by atoms with Crippen LogP contribution in [0.25, 0.3) is 0 Å². The molecule has 0 radical (unpaired) electrons. The number of aromatic nitrogens is 1. The van der Waals surface area contributed by atoms with Gasteiger partial charge >= 0.3 is 12.1 Å². The Balaban J connectivity index is 2.15.